The third-order valence-electron chi connectivity index (χ3n) is 2.27. The molecule has 1 aromatic carbocycles. The number of halogens is 1. The Labute approximate surface area is 113 Å². The number of carbonyl (C=O) groups excluding carboxylic acids is 1. The van der Waals surface area contributed by atoms with Crippen molar-refractivity contribution in [3.63, 3.8) is 0 Å². The largest absolute Gasteiger partial charge is 0.487 e. The van der Waals surface area contributed by atoms with Gasteiger partial charge in [-0.3, -0.25) is 4.79 Å². The maximum atomic E-state index is 11.3. The molecule has 4 nitrogen and oxygen atoms in total. The third-order valence-corrected chi connectivity index (χ3v) is 3.47. The van der Waals surface area contributed by atoms with Gasteiger partial charge in [-0.15, -0.1) is 11.3 Å². The van der Waals surface area contributed by atoms with Crippen LogP contribution in [0.3, 0.4) is 0 Å². The first-order valence-corrected chi connectivity index (χ1v) is 6.32. The number of carbonyl (C=O) groups is 1. The molecular formula is C12H11ClN2O2S. The second-order valence-electron chi connectivity index (χ2n) is 3.61. The van der Waals surface area contributed by atoms with Gasteiger partial charge >= 0.3 is 0 Å². The summed E-state index contributed by atoms with van der Waals surface area (Å²) in [5.41, 5.74) is 11.6. The van der Waals surface area contributed by atoms with Crippen molar-refractivity contribution in [2.75, 3.05) is 5.73 Å². The molecule has 0 unspecified atom stereocenters. The van der Waals surface area contributed by atoms with Crippen LogP contribution in [0.25, 0.3) is 0 Å². The van der Waals surface area contributed by atoms with E-state index in [1.807, 2.05) is 6.07 Å². The fraction of sp³-hybridized carbons (Fsp3) is 0.0833. The van der Waals surface area contributed by atoms with Gasteiger partial charge in [0.1, 0.15) is 12.4 Å². The van der Waals surface area contributed by atoms with Crippen molar-refractivity contribution in [3.05, 3.63) is 45.1 Å². The summed E-state index contributed by atoms with van der Waals surface area (Å²) in [7, 11) is 0. The molecule has 0 saturated carbocycles. The van der Waals surface area contributed by atoms with Crippen molar-refractivity contribution < 1.29 is 9.53 Å². The normalized spacial score (nSPS) is 10.3. The van der Waals surface area contributed by atoms with Crippen LogP contribution in [0, 0.1) is 0 Å². The number of benzene rings is 1. The Morgan fingerprint density at radius 2 is 2.11 bits per heavy atom. The lowest BCUT2D eigenvalue weighted by Crippen LogP contribution is -2.13. The van der Waals surface area contributed by atoms with Crippen molar-refractivity contribution in [2.24, 2.45) is 5.73 Å². The van der Waals surface area contributed by atoms with Crippen LogP contribution in [-0.2, 0) is 6.61 Å². The molecule has 1 heterocycles. The molecule has 0 aliphatic heterocycles. The van der Waals surface area contributed by atoms with Gasteiger partial charge in [-0.1, -0.05) is 11.6 Å². The SMILES string of the molecule is NC(=O)c1cc(N)ccc1OCc1ccc(Cl)s1. The summed E-state index contributed by atoms with van der Waals surface area (Å²) >= 11 is 7.24. The lowest BCUT2D eigenvalue weighted by atomic mass is 10.1. The molecule has 0 spiro atoms. The maximum Gasteiger partial charge on any atom is 0.252 e. The van der Waals surface area contributed by atoms with Crippen LogP contribution in [0.4, 0.5) is 5.69 Å². The predicted octanol–water partition coefficient (Wildman–Crippen LogP) is 2.66. The highest BCUT2D eigenvalue weighted by Gasteiger charge is 2.10. The van der Waals surface area contributed by atoms with E-state index in [-0.39, 0.29) is 5.56 Å². The molecule has 0 fully saturated rings. The van der Waals surface area contributed by atoms with Gasteiger partial charge in [0.2, 0.25) is 0 Å². The van der Waals surface area contributed by atoms with Gasteiger partial charge in [-0.25, -0.2) is 0 Å². The van der Waals surface area contributed by atoms with E-state index in [9.17, 15) is 4.79 Å². The zero-order valence-electron chi connectivity index (χ0n) is 9.35. The Morgan fingerprint density at radius 3 is 2.72 bits per heavy atom. The summed E-state index contributed by atoms with van der Waals surface area (Å²) in [4.78, 5) is 12.2. The lowest BCUT2D eigenvalue weighted by Gasteiger charge is -2.09. The smallest absolute Gasteiger partial charge is 0.252 e. The first-order chi connectivity index (χ1) is 8.56. The molecule has 1 aromatic heterocycles. The van der Waals surface area contributed by atoms with E-state index < -0.39 is 5.91 Å². The van der Waals surface area contributed by atoms with Crippen LogP contribution in [0.15, 0.2) is 30.3 Å². The van der Waals surface area contributed by atoms with Crippen molar-refractivity contribution in [1.82, 2.24) is 0 Å². The lowest BCUT2D eigenvalue weighted by molar-refractivity contribution is 0.0996. The van der Waals surface area contributed by atoms with E-state index in [4.69, 9.17) is 27.8 Å². The minimum Gasteiger partial charge on any atom is -0.487 e. The van der Waals surface area contributed by atoms with Crippen LogP contribution in [0.1, 0.15) is 15.2 Å². The number of hydrogen-bond donors (Lipinski definition) is 2. The summed E-state index contributed by atoms with van der Waals surface area (Å²) < 4.78 is 6.24. The van der Waals surface area contributed by atoms with E-state index in [0.717, 1.165) is 4.88 Å². The predicted molar refractivity (Wildman–Crippen MR) is 73.0 cm³/mol. The summed E-state index contributed by atoms with van der Waals surface area (Å²) in [5.74, 6) is -0.150. The highest BCUT2D eigenvalue weighted by Crippen LogP contribution is 2.25. The van der Waals surface area contributed by atoms with Crippen molar-refractivity contribution >= 4 is 34.5 Å². The Bertz CT molecular complexity index is 583. The van der Waals surface area contributed by atoms with E-state index in [1.54, 1.807) is 18.2 Å². The summed E-state index contributed by atoms with van der Waals surface area (Å²) in [5, 5.41) is 0. The molecule has 6 heteroatoms. The molecular weight excluding hydrogens is 272 g/mol. The van der Waals surface area contributed by atoms with Gasteiger partial charge in [-0.2, -0.15) is 0 Å². The van der Waals surface area contributed by atoms with E-state index in [0.29, 0.717) is 22.4 Å². The second kappa shape index (κ2) is 5.29. The number of nitrogens with two attached hydrogens (primary N) is 2. The molecule has 0 bridgehead atoms. The number of primary amides is 1. The average Bonchev–Trinajstić information content (AvgIpc) is 2.73. The van der Waals surface area contributed by atoms with Crippen LogP contribution in [-0.4, -0.2) is 5.91 Å². The molecule has 0 aliphatic rings. The molecule has 94 valence electrons. The third kappa shape index (κ3) is 2.94. The fourth-order valence-corrected chi connectivity index (χ4v) is 2.44. The average molecular weight is 283 g/mol. The molecule has 0 saturated heterocycles. The van der Waals surface area contributed by atoms with Crippen LogP contribution >= 0.6 is 22.9 Å². The monoisotopic (exact) mass is 282 g/mol. The zero-order chi connectivity index (χ0) is 13.1. The molecule has 1 amide bonds. The van der Waals surface area contributed by atoms with Crippen molar-refractivity contribution in [2.45, 2.75) is 6.61 Å². The van der Waals surface area contributed by atoms with Crippen LogP contribution < -0.4 is 16.2 Å². The van der Waals surface area contributed by atoms with Gasteiger partial charge in [0.25, 0.3) is 5.91 Å². The highest BCUT2D eigenvalue weighted by molar-refractivity contribution is 7.16. The molecule has 2 rings (SSSR count). The Balaban J connectivity index is 2.16. The van der Waals surface area contributed by atoms with E-state index >= 15 is 0 Å². The summed E-state index contributed by atoms with van der Waals surface area (Å²) in [6.07, 6.45) is 0. The standard InChI is InChI=1S/C12H11ClN2O2S/c13-11-4-2-8(18-11)6-17-10-3-1-7(14)5-9(10)12(15)16/h1-5H,6,14H2,(H2,15,16). The minimum atomic E-state index is -0.568. The zero-order valence-corrected chi connectivity index (χ0v) is 10.9. The van der Waals surface area contributed by atoms with Crippen LogP contribution in [0.5, 0.6) is 5.75 Å². The van der Waals surface area contributed by atoms with Crippen molar-refractivity contribution in [1.29, 1.82) is 0 Å². The van der Waals surface area contributed by atoms with Gasteiger partial charge in [0.15, 0.2) is 0 Å². The number of anilines is 1. The quantitative estimate of drug-likeness (QED) is 0.846. The fourth-order valence-electron chi connectivity index (χ4n) is 1.44. The van der Waals surface area contributed by atoms with Gasteiger partial charge < -0.3 is 16.2 Å². The van der Waals surface area contributed by atoms with Gasteiger partial charge in [0, 0.05) is 10.6 Å². The first-order valence-electron chi connectivity index (χ1n) is 5.12. The number of ether oxygens (including phenoxy) is 1. The second-order valence-corrected chi connectivity index (χ2v) is 5.41. The Hall–Kier alpha value is -1.72. The first kappa shape index (κ1) is 12.7. The number of amides is 1. The highest BCUT2D eigenvalue weighted by atomic mass is 35.5. The number of hydrogen-bond acceptors (Lipinski definition) is 4. The molecule has 0 aliphatic carbocycles. The maximum absolute atomic E-state index is 11.3. The molecule has 4 N–H and O–H groups in total. The Morgan fingerprint density at radius 1 is 1.33 bits per heavy atom. The number of thiophene rings is 1. The van der Waals surface area contributed by atoms with E-state index in [1.165, 1.54) is 17.4 Å². The van der Waals surface area contributed by atoms with Gasteiger partial charge in [-0.05, 0) is 30.3 Å². The molecule has 18 heavy (non-hydrogen) atoms. The number of nitrogen functional groups attached to an aromatic ring is 1. The number of rotatable bonds is 4. The molecule has 0 radical (unpaired) electrons. The van der Waals surface area contributed by atoms with E-state index in [2.05, 4.69) is 0 Å². The Kier molecular flexibility index (Phi) is 3.74. The molecule has 0 atom stereocenters. The minimum absolute atomic E-state index is 0.276. The topological polar surface area (TPSA) is 78.3 Å². The summed E-state index contributed by atoms with van der Waals surface area (Å²) in [6, 6.07) is 8.45. The van der Waals surface area contributed by atoms with Gasteiger partial charge in [0.05, 0.1) is 9.90 Å². The van der Waals surface area contributed by atoms with Crippen molar-refractivity contribution in [3.8, 4) is 5.75 Å². The van der Waals surface area contributed by atoms with Crippen LogP contribution in [0.2, 0.25) is 4.34 Å². The summed E-state index contributed by atoms with van der Waals surface area (Å²) in [6.45, 7) is 0.335. The molecule has 2 aromatic rings.